The van der Waals surface area contributed by atoms with Crippen LogP contribution in [0.4, 0.5) is 11.4 Å². The fourth-order valence-electron chi connectivity index (χ4n) is 5.91. The van der Waals surface area contributed by atoms with Gasteiger partial charge in [-0.05, 0) is 42.7 Å². The number of aliphatic hydroxyl groups is 1. The number of carbonyl (C=O) groups excluding carboxylic acids is 1. The Balaban J connectivity index is 1.35. The third-order valence-corrected chi connectivity index (χ3v) is 8.41. The van der Waals surface area contributed by atoms with E-state index < -0.39 is 0 Å². The minimum Gasteiger partial charge on any atom is -0.392 e. The molecule has 2 aromatic carbocycles. The van der Waals surface area contributed by atoms with Gasteiger partial charge in [0.2, 0.25) is 0 Å². The van der Waals surface area contributed by atoms with Crippen molar-refractivity contribution < 1.29 is 9.90 Å². The van der Waals surface area contributed by atoms with Gasteiger partial charge in [-0.2, -0.15) is 5.10 Å². The molecule has 0 saturated carbocycles. The maximum absolute atomic E-state index is 13.7. The molecule has 2 aliphatic rings. The fourth-order valence-corrected chi connectivity index (χ4v) is 5.91. The normalized spacial score (nSPS) is 17.8. The van der Waals surface area contributed by atoms with Gasteiger partial charge in [0, 0.05) is 87.5 Å². The molecule has 0 aliphatic carbocycles. The molecular weight excluding hydrogens is 530 g/mol. The van der Waals surface area contributed by atoms with Gasteiger partial charge in [-0.1, -0.05) is 19.1 Å². The summed E-state index contributed by atoms with van der Waals surface area (Å²) in [6.45, 7) is 3.93. The van der Waals surface area contributed by atoms with Gasteiger partial charge in [0.05, 0.1) is 29.7 Å². The van der Waals surface area contributed by atoms with Crippen LogP contribution in [0.2, 0.25) is 0 Å². The number of carbonyl (C=O) groups is 1. The second kappa shape index (κ2) is 10.8. The van der Waals surface area contributed by atoms with Crippen LogP contribution in [-0.2, 0) is 38.6 Å². The number of anilines is 2. The molecule has 2 aromatic heterocycles. The molecule has 4 heterocycles. The van der Waals surface area contributed by atoms with Crippen molar-refractivity contribution in [2.75, 3.05) is 37.0 Å². The van der Waals surface area contributed by atoms with Gasteiger partial charge in [0.1, 0.15) is 5.69 Å². The van der Waals surface area contributed by atoms with Crippen LogP contribution in [0.15, 0.2) is 59.8 Å². The van der Waals surface area contributed by atoms with Gasteiger partial charge >= 0.3 is 0 Å². The summed E-state index contributed by atoms with van der Waals surface area (Å²) >= 11 is 0. The molecule has 0 spiro atoms. The fraction of sp³-hybridized carbons (Fsp3) is 0.375. The number of aliphatic hydroxyl groups excluding tert-OH is 1. The number of aromatic nitrogens is 4. The molecule has 6 rings (SSSR count). The van der Waals surface area contributed by atoms with E-state index in [1.165, 1.54) is 0 Å². The summed E-state index contributed by atoms with van der Waals surface area (Å²) in [5, 5.41) is 18.5. The number of aryl methyl sites for hydroxylation is 2. The highest BCUT2D eigenvalue weighted by Gasteiger charge is 2.46. The summed E-state index contributed by atoms with van der Waals surface area (Å²) in [4.78, 5) is 35.5. The Morgan fingerprint density at radius 3 is 2.64 bits per heavy atom. The molecule has 10 nitrogen and oxygen atoms in total. The number of nitrogens with one attached hydrogen (secondary N) is 1. The lowest BCUT2D eigenvalue weighted by Crippen LogP contribution is -2.38. The topological polar surface area (TPSA) is 118 Å². The average Bonchev–Trinajstić information content (AvgIpc) is 3.61. The van der Waals surface area contributed by atoms with Crippen LogP contribution in [0.25, 0.3) is 11.3 Å². The first-order valence-corrected chi connectivity index (χ1v) is 14.4. The number of rotatable bonds is 9. The van der Waals surface area contributed by atoms with Crippen LogP contribution < -0.4 is 20.7 Å². The smallest absolute Gasteiger partial charge is 0.272 e. The minimum absolute atomic E-state index is 0.0899. The lowest BCUT2D eigenvalue weighted by Gasteiger charge is -2.31. The number of hydrogen-bond donors (Lipinski definition) is 2. The van der Waals surface area contributed by atoms with Crippen molar-refractivity contribution in [1.82, 2.24) is 24.6 Å². The summed E-state index contributed by atoms with van der Waals surface area (Å²) in [5.41, 5.74) is 6.26. The first kappa shape index (κ1) is 27.9. The van der Waals surface area contributed by atoms with Crippen LogP contribution in [-0.4, -0.2) is 57.5 Å². The number of amides is 1. The molecule has 1 amide bonds. The number of hydrogen-bond acceptors (Lipinski definition) is 7. The van der Waals surface area contributed by atoms with Gasteiger partial charge < -0.3 is 24.8 Å². The Kier molecular flexibility index (Phi) is 7.20. The molecule has 42 heavy (non-hydrogen) atoms. The van der Waals surface area contributed by atoms with E-state index in [9.17, 15) is 14.7 Å². The Bertz CT molecular complexity index is 1720. The highest BCUT2D eigenvalue weighted by molar-refractivity contribution is 6.09. The van der Waals surface area contributed by atoms with E-state index in [0.29, 0.717) is 53.2 Å². The van der Waals surface area contributed by atoms with Crippen LogP contribution >= 0.6 is 0 Å². The van der Waals surface area contributed by atoms with E-state index in [1.54, 1.807) is 22.7 Å². The van der Waals surface area contributed by atoms with E-state index in [2.05, 4.69) is 23.4 Å². The van der Waals surface area contributed by atoms with Crippen molar-refractivity contribution >= 4 is 17.3 Å². The van der Waals surface area contributed by atoms with Crippen LogP contribution in [0.3, 0.4) is 0 Å². The first-order chi connectivity index (χ1) is 20.2. The van der Waals surface area contributed by atoms with Gasteiger partial charge in [-0.3, -0.25) is 14.3 Å². The van der Waals surface area contributed by atoms with Crippen LogP contribution in [0, 0.1) is 0 Å². The molecule has 1 unspecified atom stereocenters. The van der Waals surface area contributed by atoms with Gasteiger partial charge in [0.25, 0.3) is 11.5 Å². The standard InChI is InChI=1S/C32H37N7O3/c1-5-12-38-17-22(16-34-38)32(20-33-32)15-27-31(42)37(4)18-28(35-27)25-7-6-8-29(26(25)19-40)39-13-11-21-14-23(36(2)3)9-10-24(21)30(39)41/h6-10,14,16-18,33,40H,5,11-13,15,19-20H2,1-4H3. The lowest BCUT2D eigenvalue weighted by molar-refractivity contribution is 0.0980. The van der Waals surface area contributed by atoms with Crippen molar-refractivity contribution in [1.29, 1.82) is 0 Å². The molecule has 2 aliphatic heterocycles. The molecule has 0 radical (unpaired) electrons. The Morgan fingerprint density at radius 1 is 1.12 bits per heavy atom. The van der Waals surface area contributed by atoms with E-state index in [4.69, 9.17) is 4.98 Å². The highest BCUT2D eigenvalue weighted by atomic mass is 16.3. The van der Waals surface area contributed by atoms with Gasteiger partial charge in [0.15, 0.2) is 0 Å². The number of fused-ring (bicyclic) bond motifs is 1. The molecule has 4 aromatic rings. The van der Waals surface area contributed by atoms with Crippen LogP contribution in [0.1, 0.15) is 46.1 Å². The molecule has 2 N–H and O–H groups in total. The van der Waals surface area contributed by atoms with E-state index in [-0.39, 0.29) is 23.6 Å². The summed E-state index contributed by atoms with van der Waals surface area (Å²) < 4.78 is 3.48. The van der Waals surface area contributed by atoms with Crippen molar-refractivity contribution in [3.63, 3.8) is 0 Å². The summed E-state index contributed by atoms with van der Waals surface area (Å²) in [6.07, 6.45) is 7.74. The summed E-state index contributed by atoms with van der Waals surface area (Å²) in [6, 6.07) is 11.5. The average molecular weight is 568 g/mol. The van der Waals surface area contributed by atoms with E-state index in [1.807, 2.05) is 66.4 Å². The number of benzene rings is 2. The zero-order chi connectivity index (χ0) is 29.6. The monoisotopic (exact) mass is 567 g/mol. The van der Waals surface area contributed by atoms with E-state index >= 15 is 0 Å². The predicted molar refractivity (Wildman–Crippen MR) is 163 cm³/mol. The second-order valence-electron chi connectivity index (χ2n) is 11.5. The quantitative estimate of drug-likeness (QED) is 0.299. The first-order valence-electron chi connectivity index (χ1n) is 14.4. The Hall–Kier alpha value is -4.28. The maximum atomic E-state index is 13.7. The third kappa shape index (κ3) is 4.90. The predicted octanol–water partition coefficient (Wildman–Crippen LogP) is 2.86. The molecule has 1 fully saturated rings. The maximum Gasteiger partial charge on any atom is 0.272 e. The van der Waals surface area contributed by atoms with Gasteiger partial charge in [-0.25, -0.2) is 4.98 Å². The van der Waals surface area contributed by atoms with Crippen molar-refractivity contribution in [3.8, 4) is 11.3 Å². The molecule has 0 bridgehead atoms. The molecule has 218 valence electrons. The van der Waals surface area contributed by atoms with Crippen LogP contribution in [0.5, 0.6) is 0 Å². The van der Waals surface area contributed by atoms with E-state index in [0.717, 1.165) is 36.3 Å². The van der Waals surface area contributed by atoms with Crippen molar-refractivity contribution in [3.05, 3.63) is 93.3 Å². The summed E-state index contributed by atoms with van der Waals surface area (Å²) in [7, 11) is 5.69. The zero-order valence-electron chi connectivity index (χ0n) is 24.6. The number of nitrogens with zero attached hydrogens (tertiary/aromatic N) is 6. The lowest BCUT2D eigenvalue weighted by atomic mass is 9.95. The highest BCUT2D eigenvalue weighted by Crippen LogP contribution is 2.36. The molecule has 1 atom stereocenters. The molecule has 1 saturated heterocycles. The minimum atomic E-state index is -0.370. The Labute approximate surface area is 245 Å². The molecule has 10 heteroatoms. The second-order valence-corrected chi connectivity index (χ2v) is 11.5. The Morgan fingerprint density at radius 2 is 1.93 bits per heavy atom. The third-order valence-electron chi connectivity index (χ3n) is 8.41. The zero-order valence-corrected chi connectivity index (χ0v) is 24.6. The van der Waals surface area contributed by atoms with Gasteiger partial charge in [-0.15, -0.1) is 0 Å². The van der Waals surface area contributed by atoms with Crippen molar-refractivity contribution in [2.24, 2.45) is 7.05 Å². The molecular formula is C32H37N7O3. The SMILES string of the molecule is CCCn1cc(C2(Cc3nc(-c4cccc(N5CCc6cc(N(C)C)ccc6C5=O)c4CO)cn(C)c3=O)CN2)cn1. The summed E-state index contributed by atoms with van der Waals surface area (Å²) in [5.74, 6) is -0.0899. The largest absolute Gasteiger partial charge is 0.392 e. The van der Waals surface area contributed by atoms with Crippen molar-refractivity contribution in [2.45, 2.75) is 44.9 Å².